The minimum Gasteiger partial charge on any atom is -0.465 e. The summed E-state index contributed by atoms with van der Waals surface area (Å²) in [4.78, 5) is 11.1. The SMILES string of the molecule is CC(=O)OCC(C)c1ccc2c(c1)S(=O)(=O)c1cc(Cl)ccc1O2. The summed E-state index contributed by atoms with van der Waals surface area (Å²) in [6.45, 7) is 3.36. The Hall–Kier alpha value is -2.05. The van der Waals surface area contributed by atoms with Gasteiger partial charge in [0.25, 0.3) is 0 Å². The molecule has 0 aromatic heterocycles. The second kappa shape index (κ2) is 6.11. The van der Waals surface area contributed by atoms with Crippen molar-refractivity contribution >= 4 is 27.4 Å². The molecule has 1 aliphatic rings. The van der Waals surface area contributed by atoms with Crippen LogP contribution in [0.15, 0.2) is 46.2 Å². The third-order valence-electron chi connectivity index (χ3n) is 3.78. The van der Waals surface area contributed by atoms with Gasteiger partial charge in [-0.25, -0.2) is 8.42 Å². The molecule has 1 unspecified atom stereocenters. The maximum absolute atomic E-state index is 12.9. The van der Waals surface area contributed by atoms with Gasteiger partial charge < -0.3 is 9.47 Å². The predicted octanol–water partition coefficient (Wildman–Crippen LogP) is 3.95. The number of carbonyl (C=O) groups excluding carboxylic acids is 1. The van der Waals surface area contributed by atoms with Crippen molar-refractivity contribution in [1.29, 1.82) is 0 Å². The average Bonchev–Trinajstić information content (AvgIpc) is 2.53. The van der Waals surface area contributed by atoms with E-state index in [-0.39, 0.29) is 39.8 Å². The zero-order valence-electron chi connectivity index (χ0n) is 13.1. The van der Waals surface area contributed by atoms with Crippen molar-refractivity contribution in [3.05, 3.63) is 47.0 Å². The maximum Gasteiger partial charge on any atom is 0.302 e. The van der Waals surface area contributed by atoms with Gasteiger partial charge in [0.2, 0.25) is 9.84 Å². The van der Waals surface area contributed by atoms with Crippen molar-refractivity contribution in [2.24, 2.45) is 0 Å². The van der Waals surface area contributed by atoms with Crippen LogP contribution < -0.4 is 4.74 Å². The first-order valence-corrected chi connectivity index (χ1v) is 9.15. The Kier molecular flexibility index (Phi) is 4.27. The lowest BCUT2D eigenvalue weighted by Crippen LogP contribution is -2.13. The molecule has 0 N–H and O–H groups in total. The van der Waals surface area contributed by atoms with Crippen LogP contribution in [0.2, 0.25) is 5.02 Å². The van der Waals surface area contributed by atoms with E-state index in [0.717, 1.165) is 5.56 Å². The van der Waals surface area contributed by atoms with Crippen LogP contribution in [0.5, 0.6) is 11.5 Å². The Balaban J connectivity index is 2.02. The van der Waals surface area contributed by atoms with Crippen LogP contribution in [0.25, 0.3) is 0 Å². The van der Waals surface area contributed by atoms with Crippen molar-refractivity contribution in [2.75, 3.05) is 6.61 Å². The van der Waals surface area contributed by atoms with Gasteiger partial charge in [0.1, 0.15) is 21.3 Å². The lowest BCUT2D eigenvalue weighted by Gasteiger charge is -2.22. The fourth-order valence-corrected chi connectivity index (χ4v) is 4.27. The molecule has 0 saturated carbocycles. The zero-order valence-corrected chi connectivity index (χ0v) is 14.6. The lowest BCUT2D eigenvalue weighted by molar-refractivity contribution is -0.141. The highest BCUT2D eigenvalue weighted by molar-refractivity contribution is 7.91. The van der Waals surface area contributed by atoms with E-state index in [4.69, 9.17) is 21.1 Å². The van der Waals surface area contributed by atoms with E-state index < -0.39 is 9.84 Å². The molecule has 0 radical (unpaired) electrons. The molecule has 0 bridgehead atoms. The van der Waals surface area contributed by atoms with E-state index in [2.05, 4.69) is 0 Å². The number of ether oxygens (including phenoxy) is 2. The van der Waals surface area contributed by atoms with E-state index in [1.54, 1.807) is 24.3 Å². The van der Waals surface area contributed by atoms with Crippen LogP contribution in [-0.2, 0) is 19.4 Å². The Morgan fingerprint density at radius 3 is 2.46 bits per heavy atom. The Bertz CT molecular complexity index is 921. The maximum atomic E-state index is 12.9. The predicted molar refractivity (Wildman–Crippen MR) is 88.5 cm³/mol. The molecular formula is C17H15ClO5S. The topological polar surface area (TPSA) is 69.7 Å². The summed E-state index contributed by atoms with van der Waals surface area (Å²) in [5.41, 5.74) is 0.743. The first-order valence-electron chi connectivity index (χ1n) is 7.29. The van der Waals surface area contributed by atoms with Gasteiger partial charge in [-0.2, -0.15) is 0 Å². The number of halogens is 1. The summed E-state index contributed by atoms with van der Waals surface area (Å²) in [5, 5.41) is 0.323. The molecule has 0 spiro atoms. The Morgan fingerprint density at radius 1 is 1.17 bits per heavy atom. The van der Waals surface area contributed by atoms with Crippen LogP contribution >= 0.6 is 11.6 Å². The number of sulfone groups is 1. The smallest absolute Gasteiger partial charge is 0.302 e. The van der Waals surface area contributed by atoms with Gasteiger partial charge in [0, 0.05) is 17.9 Å². The van der Waals surface area contributed by atoms with Crippen molar-refractivity contribution in [1.82, 2.24) is 0 Å². The quantitative estimate of drug-likeness (QED) is 0.656. The van der Waals surface area contributed by atoms with Crippen LogP contribution in [0, 0.1) is 0 Å². The first kappa shape index (κ1) is 16.8. The molecule has 0 saturated heterocycles. The molecule has 3 rings (SSSR count). The van der Waals surface area contributed by atoms with Gasteiger partial charge in [-0.05, 0) is 35.9 Å². The lowest BCUT2D eigenvalue weighted by atomic mass is 10.0. The molecule has 2 aromatic carbocycles. The number of rotatable bonds is 3. The second-order valence-electron chi connectivity index (χ2n) is 5.61. The molecule has 5 nitrogen and oxygen atoms in total. The fourth-order valence-electron chi connectivity index (χ4n) is 2.48. The summed E-state index contributed by atoms with van der Waals surface area (Å²) in [6, 6.07) is 9.44. The highest BCUT2D eigenvalue weighted by atomic mass is 35.5. The molecule has 2 aromatic rings. The van der Waals surface area contributed by atoms with Crippen LogP contribution in [-0.4, -0.2) is 21.0 Å². The largest absolute Gasteiger partial charge is 0.465 e. The number of hydrogen-bond donors (Lipinski definition) is 0. The summed E-state index contributed by atoms with van der Waals surface area (Å²) in [7, 11) is -3.73. The molecule has 7 heteroatoms. The van der Waals surface area contributed by atoms with Gasteiger partial charge in [-0.3, -0.25) is 4.79 Å². The number of hydrogen-bond acceptors (Lipinski definition) is 5. The van der Waals surface area contributed by atoms with Gasteiger partial charge in [0.05, 0.1) is 6.61 Å². The Morgan fingerprint density at radius 2 is 1.79 bits per heavy atom. The minimum atomic E-state index is -3.73. The van der Waals surface area contributed by atoms with Crippen molar-refractivity contribution in [3.8, 4) is 11.5 Å². The number of benzene rings is 2. The first-order chi connectivity index (χ1) is 11.3. The van der Waals surface area contributed by atoms with Crippen LogP contribution in [0.4, 0.5) is 0 Å². The van der Waals surface area contributed by atoms with Gasteiger partial charge in [-0.15, -0.1) is 0 Å². The number of esters is 1. The zero-order chi connectivity index (χ0) is 17.5. The van der Waals surface area contributed by atoms with Crippen molar-refractivity contribution < 1.29 is 22.7 Å². The van der Waals surface area contributed by atoms with E-state index in [0.29, 0.717) is 5.02 Å². The molecule has 0 aliphatic carbocycles. The Labute approximate surface area is 145 Å². The van der Waals surface area contributed by atoms with Gasteiger partial charge >= 0.3 is 5.97 Å². The summed E-state index contributed by atoms with van der Waals surface area (Å²) < 4.78 is 36.4. The molecular weight excluding hydrogens is 352 g/mol. The van der Waals surface area contributed by atoms with Crippen molar-refractivity contribution in [2.45, 2.75) is 29.6 Å². The van der Waals surface area contributed by atoms with Crippen molar-refractivity contribution in [3.63, 3.8) is 0 Å². The molecule has 0 amide bonds. The van der Waals surface area contributed by atoms with E-state index in [1.807, 2.05) is 6.92 Å². The monoisotopic (exact) mass is 366 g/mol. The molecule has 1 atom stereocenters. The fraction of sp³-hybridized carbons (Fsp3) is 0.235. The molecule has 1 aliphatic heterocycles. The van der Waals surface area contributed by atoms with Crippen LogP contribution in [0.1, 0.15) is 25.3 Å². The molecule has 1 heterocycles. The molecule has 24 heavy (non-hydrogen) atoms. The summed E-state index contributed by atoms with van der Waals surface area (Å²) in [6.07, 6.45) is 0. The highest BCUT2D eigenvalue weighted by Crippen LogP contribution is 2.44. The summed E-state index contributed by atoms with van der Waals surface area (Å²) in [5.74, 6) is 0.00959. The van der Waals surface area contributed by atoms with E-state index >= 15 is 0 Å². The summed E-state index contributed by atoms with van der Waals surface area (Å²) >= 11 is 5.92. The molecule has 0 fully saturated rings. The minimum absolute atomic E-state index is 0.0484. The normalized spacial score (nSPS) is 15.6. The van der Waals surface area contributed by atoms with Gasteiger partial charge in [0.15, 0.2) is 0 Å². The van der Waals surface area contributed by atoms with E-state index in [9.17, 15) is 13.2 Å². The third-order valence-corrected chi connectivity index (χ3v) is 5.81. The average molecular weight is 367 g/mol. The third kappa shape index (κ3) is 2.99. The molecule has 126 valence electrons. The number of fused-ring (bicyclic) bond motifs is 2. The van der Waals surface area contributed by atoms with E-state index in [1.165, 1.54) is 19.1 Å². The number of carbonyl (C=O) groups is 1. The highest BCUT2D eigenvalue weighted by Gasteiger charge is 2.32. The van der Waals surface area contributed by atoms with Crippen LogP contribution in [0.3, 0.4) is 0 Å². The standard InChI is InChI=1S/C17H15ClO5S/c1-10(9-22-11(2)19)12-3-5-14-16(7-12)24(20,21)17-8-13(18)4-6-15(17)23-14/h3-8,10H,9H2,1-2H3. The second-order valence-corrected chi connectivity index (χ2v) is 7.93. The van der Waals surface area contributed by atoms with Gasteiger partial charge in [-0.1, -0.05) is 24.6 Å².